The average molecular weight is 222 g/mol. The molecule has 0 aromatic carbocycles. The number of rotatable bonds is 7. The van der Waals surface area contributed by atoms with Crippen LogP contribution in [0.4, 0.5) is 0 Å². The summed E-state index contributed by atoms with van der Waals surface area (Å²) in [5.74, 6) is 0. The van der Waals surface area contributed by atoms with Crippen LogP contribution in [0.1, 0.15) is 26.7 Å². The molecule has 0 spiro atoms. The SMILES string of the molecule is CC(C)S(=O)(=O)NCCCCN(C)C. The maximum Gasteiger partial charge on any atom is 0.213 e. The molecule has 0 rings (SSSR count). The van der Waals surface area contributed by atoms with Gasteiger partial charge < -0.3 is 4.90 Å². The molecular formula is C9H22N2O2S. The van der Waals surface area contributed by atoms with Gasteiger partial charge in [0, 0.05) is 6.54 Å². The Labute approximate surface area is 87.7 Å². The summed E-state index contributed by atoms with van der Waals surface area (Å²) in [5, 5.41) is -0.337. The Morgan fingerprint density at radius 1 is 1.21 bits per heavy atom. The molecule has 86 valence electrons. The van der Waals surface area contributed by atoms with Crippen molar-refractivity contribution in [1.82, 2.24) is 9.62 Å². The highest BCUT2D eigenvalue weighted by atomic mass is 32.2. The van der Waals surface area contributed by atoms with Crippen LogP contribution in [0.2, 0.25) is 0 Å². The van der Waals surface area contributed by atoms with Crippen LogP contribution in [0.25, 0.3) is 0 Å². The van der Waals surface area contributed by atoms with Gasteiger partial charge in [-0.1, -0.05) is 0 Å². The molecule has 0 aromatic heterocycles. The monoisotopic (exact) mass is 222 g/mol. The second-order valence-electron chi connectivity index (χ2n) is 4.00. The van der Waals surface area contributed by atoms with Crippen LogP contribution < -0.4 is 4.72 Å². The molecular weight excluding hydrogens is 200 g/mol. The molecule has 0 atom stereocenters. The molecule has 4 nitrogen and oxygen atoms in total. The fraction of sp³-hybridized carbons (Fsp3) is 1.00. The zero-order valence-electron chi connectivity index (χ0n) is 9.58. The number of hydrogen-bond acceptors (Lipinski definition) is 3. The van der Waals surface area contributed by atoms with Gasteiger partial charge in [0.2, 0.25) is 10.0 Å². The van der Waals surface area contributed by atoms with Gasteiger partial charge in [0.05, 0.1) is 5.25 Å². The van der Waals surface area contributed by atoms with E-state index >= 15 is 0 Å². The summed E-state index contributed by atoms with van der Waals surface area (Å²) >= 11 is 0. The third-order valence-corrected chi connectivity index (χ3v) is 3.80. The third kappa shape index (κ3) is 6.34. The lowest BCUT2D eigenvalue weighted by Crippen LogP contribution is -2.31. The Hall–Kier alpha value is -0.130. The fourth-order valence-electron chi connectivity index (χ4n) is 0.934. The van der Waals surface area contributed by atoms with Crippen molar-refractivity contribution in [3.05, 3.63) is 0 Å². The van der Waals surface area contributed by atoms with E-state index in [9.17, 15) is 8.42 Å². The summed E-state index contributed by atoms with van der Waals surface area (Å²) in [4.78, 5) is 2.09. The lowest BCUT2D eigenvalue weighted by atomic mass is 10.3. The standard InChI is InChI=1S/C9H22N2O2S/c1-9(2)14(12,13)10-7-5-6-8-11(3)4/h9-10H,5-8H2,1-4H3. The van der Waals surface area contributed by atoms with E-state index in [0.29, 0.717) is 6.54 Å². The van der Waals surface area contributed by atoms with Gasteiger partial charge >= 0.3 is 0 Å². The van der Waals surface area contributed by atoms with E-state index in [2.05, 4.69) is 9.62 Å². The maximum absolute atomic E-state index is 11.3. The van der Waals surface area contributed by atoms with Gasteiger partial charge in [0.25, 0.3) is 0 Å². The van der Waals surface area contributed by atoms with Crippen molar-refractivity contribution in [3.8, 4) is 0 Å². The Bertz CT molecular complexity index is 235. The first-order valence-corrected chi connectivity index (χ1v) is 6.54. The highest BCUT2D eigenvalue weighted by molar-refractivity contribution is 7.90. The molecule has 0 saturated heterocycles. The smallest absolute Gasteiger partial charge is 0.213 e. The van der Waals surface area contributed by atoms with Gasteiger partial charge in [-0.05, 0) is 47.3 Å². The number of hydrogen-bond donors (Lipinski definition) is 1. The molecule has 14 heavy (non-hydrogen) atoms. The van der Waals surface area contributed by atoms with Gasteiger partial charge in [-0.25, -0.2) is 13.1 Å². The largest absolute Gasteiger partial charge is 0.309 e. The van der Waals surface area contributed by atoms with Gasteiger partial charge in [-0.3, -0.25) is 0 Å². The van der Waals surface area contributed by atoms with Gasteiger partial charge in [0.15, 0.2) is 0 Å². The van der Waals surface area contributed by atoms with Gasteiger partial charge in [-0.15, -0.1) is 0 Å². The number of nitrogens with one attached hydrogen (secondary N) is 1. The predicted octanol–water partition coefficient (Wildman–Crippen LogP) is 0.656. The molecule has 0 aliphatic heterocycles. The van der Waals surface area contributed by atoms with Crippen molar-refractivity contribution in [2.24, 2.45) is 0 Å². The summed E-state index contributed by atoms with van der Waals surface area (Å²) in [6, 6.07) is 0. The Morgan fingerprint density at radius 2 is 1.79 bits per heavy atom. The zero-order chi connectivity index (χ0) is 11.2. The van der Waals surface area contributed by atoms with E-state index < -0.39 is 10.0 Å². The van der Waals surface area contributed by atoms with E-state index in [4.69, 9.17) is 0 Å². The van der Waals surface area contributed by atoms with Crippen LogP contribution in [-0.4, -0.2) is 45.8 Å². The third-order valence-electron chi connectivity index (χ3n) is 1.96. The topological polar surface area (TPSA) is 49.4 Å². The molecule has 0 bridgehead atoms. The fourth-order valence-corrected chi connectivity index (χ4v) is 1.70. The lowest BCUT2D eigenvalue weighted by molar-refractivity contribution is 0.394. The van der Waals surface area contributed by atoms with Crippen molar-refractivity contribution in [3.63, 3.8) is 0 Å². The highest BCUT2D eigenvalue weighted by Gasteiger charge is 2.13. The van der Waals surface area contributed by atoms with Crippen LogP contribution >= 0.6 is 0 Å². The van der Waals surface area contributed by atoms with Crippen LogP contribution in [-0.2, 0) is 10.0 Å². The summed E-state index contributed by atoms with van der Waals surface area (Å²) in [6.07, 6.45) is 1.91. The molecule has 0 aliphatic rings. The van der Waals surface area contributed by atoms with Crippen molar-refractivity contribution in [1.29, 1.82) is 0 Å². The minimum Gasteiger partial charge on any atom is -0.309 e. The Morgan fingerprint density at radius 3 is 2.21 bits per heavy atom. The van der Waals surface area contributed by atoms with E-state index in [0.717, 1.165) is 19.4 Å². The lowest BCUT2D eigenvalue weighted by Gasteiger charge is -2.11. The van der Waals surface area contributed by atoms with Crippen LogP contribution in [0, 0.1) is 0 Å². The molecule has 1 N–H and O–H groups in total. The molecule has 5 heteroatoms. The Kier molecular flexibility index (Phi) is 6.31. The van der Waals surface area contributed by atoms with Crippen molar-refractivity contribution < 1.29 is 8.42 Å². The maximum atomic E-state index is 11.3. The number of nitrogens with zero attached hydrogens (tertiary/aromatic N) is 1. The molecule has 0 amide bonds. The molecule has 0 unspecified atom stereocenters. The van der Waals surface area contributed by atoms with E-state index in [-0.39, 0.29) is 5.25 Å². The summed E-state index contributed by atoms with van der Waals surface area (Å²) in [7, 11) is 0.962. The van der Waals surface area contributed by atoms with E-state index in [1.165, 1.54) is 0 Å². The summed E-state index contributed by atoms with van der Waals surface area (Å²) in [6.45, 7) is 4.92. The Balaban J connectivity index is 3.55. The van der Waals surface area contributed by atoms with E-state index in [1.54, 1.807) is 13.8 Å². The molecule has 0 radical (unpaired) electrons. The van der Waals surface area contributed by atoms with Crippen LogP contribution in [0.15, 0.2) is 0 Å². The minimum atomic E-state index is -3.06. The molecule has 0 fully saturated rings. The van der Waals surface area contributed by atoms with Crippen LogP contribution in [0.5, 0.6) is 0 Å². The molecule has 0 heterocycles. The average Bonchev–Trinajstić information content (AvgIpc) is 2.02. The first-order chi connectivity index (χ1) is 6.36. The molecule has 0 aromatic rings. The molecule has 0 saturated carbocycles. The summed E-state index contributed by atoms with van der Waals surface area (Å²) < 4.78 is 25.2. The van der Waals surface area contributed by atoms with Gasteiger partial charge in [0.1, 0.15) is 0 Å². The second-order valence-corrected chi connectivity index (χ2v) is 6.32. The number of sulfonamides is 1. The highest BCUT2D eigenvalue weighted by Crippen LogP contribution is 1.97. The second kappa shape index (κ2) is 6.37. The molecule has 0 aliphatic carbocycles. The van der Waals surface area contributed by atoms with Crippen molar-refractivity contribution >= 4 is 10.0 Å². The van der Waals surface area contributed by atoms with Gasteiger partial charge in [-0.2, -0.15) is 0 Å². The van der Waals surface area contributed by atoms with Crippen molar-refractivity contribution in [2.45, 2.75) is 31.9 Å². The summed E-state index contributed by atoms with van der Waals surface area (Å²) in [5.41, 5.74) is 0. The first kappa shape index (κ1) is 13.9. The van der Waals surface area contributed by atoms with E-state index in [1.807, 2.05) is 14.1 Å². The number of unbranched alkanes of at least 4 members (excludes halogenated alkanes) is 1. The normalized spacial score (nSPS) is 12.7. The first-order valence-electron chi connectivity index (χ1n) is 4.99. The van der Waals surface area contributed by atoms with Crippen molar-refractivity contribution in [2.75, 3.05) is 27.2 Å². The predicted molar refractivity (Wildman–Crippen MR) is 59.8 cm³/mol. The van der Waals surface area contributed by atoms with Crippen LogP contribution in [0.3, 0.4) is 0 Å². The zero-order valence-corrected chi connectivity index (χ0v) is 10.4. The quantitative estimate of drug-likeness (QED) is 0.644. The minimum absolute atomic E-state index is 0.337.